The van der Waals surface area contributed by atoms with E-state index in [1.807, 2.05) is 24.3 Å². The van der Waals surface area contributed by atoms with Gasteiger partial charge < -0.3 is 14.8 Å². The first-order valence-electron chi connectivity index (χ1n) is 11.5. The zero-order valence-corrected chi connectivity index (χ0v) is 25.7. The molecule has 0 unspecified atom stereocenters. The lowest BCUT2D eigenvalue weighted by Gasteiger charge is -2.34. The lowest BCUT2D eigenvalue weighted by molar-refractivity contribution is -0.151. The van der Waals surface area contributed by atoms with E-state index >= 15 is 0 Å². The first-order valence-corrected chi connectivity index (χ1v) is 15.3. The van der Waals surface area contributed by atoms with Crippen LogP contribution >= 0.6 is 47.8 Å². The molecule has 0 aliphatic carbocycles. The average Bonchev–Trinajstić information content (AvgIpc) is 2.89. The van der Waals surface area contributed by atoms with Gasteiger partial charge in [-0.15, -0.1) is 0 Å². The number of nitrogens with one attached hydrogen (secondary N) is 1. The summed E-state index contributed by atoms with van der Waals surface area (Å²) in [5, 5.41) is 2.67. The topological polar surface area (TPSA) is 102 Å². The highest BCUT2D eigenvalue weighted by molar-refractivity contribution is 9.11. The van der Waals surface area contributed by atoms with Crippen LogP contribution in [0, 0.1) is 0 Å². The van der Waals surface area contributed by atoms with Crippen LogP contribution in [0.1, 0.15) is 18.1 Å². The number of carbonyl (C=O) groups excluding carboxylic acids is 2. The van der Waals surface area contributed by atoms with Gasteiger partial charge in [0.15, 0.2) is 6.61 Å². The molecule has 12 heteroatoms. The van der Waals surface area contributed by atoms with Crippen molar-refractivity contribution < 1.29 is 27.5 Å². The van der Waals surface area contributed by atoms with E-state index in [-0.39, 0.29) is 30.2 Å². The lowest BCUT2D eigenvalue weighted by Crippen LogP contribution is -2.49. The lowest BCUT2D eigenvalue weighted by atomic mass is 9.96. The fourth-order valence-electron chi connectivity index (χ4n) is 4.05. The van der Waals surface area contributed by atoms with Crippen LogP contribution in [0.2, 0.25) is 0 Å². The van der Waals surface area contributed by atoms with E-state index in [0.717, 1.165) is 19.9 Å². The van der Waals surface area contributed by atoms with E-state index < -0.39 is 34.5 Å². The van der Waals surface area contributed by atoms with Crippen molar-refractivity contribution in [2.45, 2.75) is 30.8 Å². The van der Waals surface area contributed by atoms with Gasteiger partial charge in [0, 0.05) is 26.4 Å². The normalized spacial score (nSPS) is 15.4. The first-order chi connectivity index (χ1) is 18.1. The summed E-state index contributed by atoms with van der Waals surface area (Å²) >= 11 is 10.0. The minimum absolute atomic E-state index is 0.0333. The molecule has 200 valence electrons. The SMILES string of the molecule is CCOc1ccc(Br)cc1S(=O)(=O)N1Cc2ccccc2C[C@@H]1C(=O)OCC(=O)Nc1ccc(Br)cc1Br. The number of ether oxygens (including phenoxy) is 2. The Labute approximate surface area is 246 Å². The number of halogens is 3. The van der Waals surface area contributed by atoms with Gasteiger partial charge >= 0.3 is 5.97 Å². The molecule has 3 aromatic rings. The van der Waals surface area contributed by atoms with Crippen molar-refractivity contribution in [1.29, 1.82) is 0 Å². The van der Waals surface area contributed by atoms with Gasteiger partial charge in [-0.25, -0.2) is 8.42 Å². The average molecular weight is 731 g/mol. The van der Waals surface area contributed by atoms with Gasteiger partial charge in [-0.3, -0.25) is 9.59 Å². The van der Waals surface area contributed by atoms with Crippen molar-refractivity contribution in [3.63, 3.8) is 0 Å². The summed E-state index contributed by atoms with van der Waals surface area (Å²) in [4.78, 5) is 25.7. The Balaban J connectivity index is 1.59. The number of nitrogens with zero attached hydrogens (tertiary/aromatic N) is 1. The van der Waals surface area contributed by atoms with Crippen molar-refractivity contribution in [2.24, 2.45) is 0 Å². The van der Waals surface area contributed by atoms with Gasteiger partial charge in [0.2, 0.25) is 10.0 Å². The van der Waals surface area contributed by atoms with Crippen molar-refractivity contribution in [2.75, 3.05) is 18.5 Å². The summed E-state index contributed by atoms with van der Waals surface area (Å²) in [6, 6.07) is 16.1. The van der Waals surface area contributed by atoms with Gasteiger partial charge in [0.25, 0.3) is 5.91 Å². The van der Waals surface area contributed by atoms with Gasteiger partial charge in [0.1, 0.15) is 16.7 Å². The molecule has 4 rings (SSSR count). The highest BCUT2D eigenvalue weighted by atomic mass is 79.9. The van der Waals surface area contributed by atoms with Crippen molar-refractivity contribution >= 4 is 75.4 Å². The van der Waals surface area contributed by atoms with Crippen LogP contribution < -0.4 is 10.1 Å². The molecule has 1 aliphatic rings. The van der Waals surface area contributed by atoms with Gasteiger partial charge in [-0.2, -0.15) is 4.31 Å². The molecular formula is C26H23Br3N2O6S. The minimum Gasteiger partial charge on any atom is -0.492 e. The molecule has 8 nitrogen and oxygen atoms in total. The Kier molecular flexibility index (Phi) is 9.30. The molecule has 0 spiro atoms. The number of fused-ring (bicyclic) bond motifs is 1. The van der Waals surface area contributed by atoms with Crippen LogP contribution in [0.15, 0.2) is 79.0 Å². The molecule has 0 saturated carbocycles. The zero-order valence-electron chi connectivity index (χ0n) is 20.1. The van der Waals surface area contributed by atoms with E-state index in [1.54, 1.807) is 37.3 Å². The highest BCUT2D eigenvalue weighted by Gasteiger charge is 2.42. The number of sulfonamides is 1. The molecule has 1 amide bonds. The Morgan fingerprint density at radius 2 is 1.68 bits per heavy atom. The third-order valence-corrected chi connectivity index (χ3v) is 9.34. The number of hydrogen-bond acceptors (Lipinski definition) is 6. The highest BCUT2D eigenvalue weighted by Crippen LogP contribution is 2.35. The maximum atomic E-state index is 13.9. The molecule has 1 atom stereocenters. The molecule has 0 aromatic heterocycles. The number of anilines is 1. The molecule has 38 heavy (non-hydrogen) atoms. The molecule has 0 radical (unpaired) electrons. The number of amides is 1. The summed E-state index contributed by atoms with van der Waals surface area (Å²) in [5.41, 5.74) is 2.12. The van der Waals surface area contributed by atoms with Crippen LogP contribution in [0.25, 0.3) is 0 Å². The van der Waals surface area contributed by atoms with Crippen molar-refractivity contribution in [3.8, 4) is 5.75 Å². The Morgan fingerprint density at radius 1 is 1.00 bits per heavy atom. The second kappa shape index (κ2) is 12.3. The van der Waals surface area contributed by atoms with Gasteiger partial charge in [-0.1, -0.05) is 56.1 Å². The van der Waals surface area contributed by atoms with Crippen LogP contribution in [-0.2, 0) is 37.3 Å². The third-order valence-electron chi connectivity index (χ3n) is 5.82. The number of carbonyl (C=O) groups is 2. The molecule has 0 saturated heterocycles. The minimum atomic E-state index is -4.20. The summed E-state index contributed by atoms with van der Waals surface area (Å²) in [6.07, 6.45) is 0.103. The number of rotatable bonds is 8. The largest absolute Gasteiger partial charge is 0.492 e. The summed E-state index contributed by atoms with van der Waals surface area (Å²) in [7, 11) is -4.20. The Bertz CT molecular complexity index is 1480. The molecule has 1 heterocycles. The van der Waals surface area contributed by atoms with Crippen LogP contribution in [0.3, 0.4) is 0 Å². The van der Waals surface area contributed by atoms with E-state index in [4.69, 9.17) is 9.47 Å². The van der Waals surface area contributed by atoms with E-state index in [9.17, 15) is 18.0 Å². The number of benzene rings is 3. The second-order valence-electron chi connectivity index (χ2n) is 8.34. The summed E-state index contributed by atoms with van der Waals surface area (Å²) in [6.45, 7) is 1.42. The first kappa shape index (κ1) is 28.8. The monoisotopic (exact) mass is 728 g/mol. The molecule has 1 N–H and O–H groups in total. The maximum Gasteiger partial charge on any atom is 0.325 e. The van der Waals surface area contributed by atoms with E-state index in [0.29, 0.717) is 14.6 Å². The van der Waals surface area contributed by atoms with Crippen LogP contribution in [0.4, 0.5) is 5.69 Å². The van der Waals surface area contributed by atoms with Crippen LogP contribution in [-0.4, -0.2) is 43.9 Å². The van der Waals surface area contributed by atoms with Gasteiger partial charge in [0.05, 0.1) is 12.3 Å². The standard InChI is InChI=1S/C26H23Br3N2O6S/c1-2-36-23-10-8-19(28)13-24(23)38(34,35)31-14-17-6-4-3-5-16(17)11-22(31)26(33)37-15-25(32)30-21-9-7-18(27)12-20(21)29/h3-10,12-13,22H,2,11,14-15H2,1H3,(H,30,32)/t22-/m1/s1. The van der Waals surface area contributed by atoms with E-state index in [2.05, 4.69) is 53.1 Å². The maximum absolute atomic E-state index is 13.9. The molecule has 0 bridgehead atoms. The Morgan fingerprint density at radius 3 is 2.39 bits per heavy atom. The van der Waals surface area contributed by atoms with Crippen molar-refractivity contribution in [3.05, 3.63) is 85.2 Å². The van der Waals surface area contributed by atoms with Crippen molar-refractivity contribution in [1.82, 2.24) is 4.31 Å². The zero-order chi connectivity index (χ0) is 27.4. The predicted molar refractivity (Wildman–Crippen MR) is 153 cm³/mol. The number of hydrogen-bond donors (Lipinski definition) is 1. The molecular weight excluding hydrogens is 708 g/mol. The van der Waals surface area contributed by atoms with E-state index in [1.165, 1.54) is 6.07 Å². The molecule has 1 aliphatic heterocycles. The molecule has 3 aromatic carbocycles. The predicted octanol–water partition coefficient (Wildman–Crippen LogP) is 5.67. The summed E-state index contributed by atoms with van der Waals surface area (Å²) in [5.74, 6) is -1.19. The van der Waals surface area contributed by atoms with Gasteiger partial charge in [-0.05, 0) is 70.4 Å². The number of esters is 1. The Hall–Kier alpha value is -2.25. The fourth-order valence-corrected chi connectivity index (χ4v) is 7.42. The van der Waals surface area contributed by atoms with Crippen LogP contribution in [0.5, 0.6) is 5.75 Å². The third kappa shape index (κ3) is 6.48. The quantitative estimate of drug-likeness (QED) is 0.300. The summed E-state index contributed by atoms with van der Waals surface area (Å²) < 4.78 is 41.9. The fraction of sp³-hybridized carbons (Fsp3) is 0.231. The second-order valence-corrected chi connectivity index (χ2v) is 12.9. The molecule has 0 fully saturated rings. The smallest absolute Gasteiger partial charge is 0.325 e.